The van der Waals surface area contributed by atoms with Crippen LogP contribution in [0, 0.1) is 0 Å². The summed E-state index contributed by atoms with van der Waals surface area (Å²) < 4.78 is 0. The summed E-state index contributed by atoms with van der Waals surface area (Å²) in [6.07, 6.45) is 3.07. The molecule has 1 aliphatic carbocycles. The van der Waals surface area contributed by atoms with E-state index in [-0.39, 0.29) is 23.6 Å². The fourth-order valence-corrected chi connectivity index (χ4v) is 3.42. The van der Waals surface area contributed by atoms with Crippen molar-refractivity contribution in [1.82, 2.24) is 0 Å². The monoisotopic (exact) mass is 336 g/mol. The highest BCUT2D eigenvalue weighted by atomic mass is 16.3. The summed E-state index contributed by atoms with van der Waals surface area (Å²) in [6.45, 7) is 3.87. The average molecular weight is 336 g/mol. The predicted octanol–water partition coefficient (Wildman–Crippen LogP) is 4.34. The molecule has 0 aliphatic heterocycles. The Morgan fingerprint density at radius 2 is 1.16 bits per heavy atom. The third-order valence-electron chi connectivity index (χ3n) is 4.75. The second-order valence-electron chi connectivity index (χ2n) is 6.53. The van der Waals surface area contributed by atoms with Gasteiger partial charge in [-0.05, 0) is 57.4 Å². The van der Waals surface area contributed by atoms with Crippen LogP contribution >= 0.6 is 0 Å². The van der Waals surface area contributed by atoms with Crippen LogP contribution in [0.4, 0.5) is 0 Å². The maximum atomic E-state index is 10.0. The third kappa shape index (κ3) is 3.90. The number of rotatable bonds is 4. The van der Waals surface area contributed by atoms with Gasteiger partial charge in [-0.1, -0.05) is 24.3 Å². The van der Waals surface area contributed by atoms with Crippen LogP contribution in [-0.4, -0.2) is 33.7 Å². The number of para-hydroxylation sites is 2. The number of hydrogen-bond donors (Lipinski definition) is 2. The third-order valence-corrected chi connectivity index (χ3v) is 4.75. The number of phenols is 2. The Morgan fingerprint density at radius 3 is 1.56 bits per heavy atom. The van der Waals surface area contributed by atoms with Gasteiger partial charge in [0.05, 0.1) is 12.1 Å². The second-order valence-corrected chi connectivity index (χ2v) is 6.53. The topological polar surface area (TPSA) is 65.2 Å². The van der Waals surface area contributed by atoms with Crippen LogP contribution < -0.4 is 0 Å². The van der Waals surface area contributed by atoms with E-state index in [4.69, 9.17) is 9.98 Å². The lowest BCUT2D eigenvalue weighted by Crippen LogP contribution is -2.19. The Kier molecular flexibility index (Phi) is 5.17. The lowest BCUT2D eigenvalue weighted by Gasteiger charge is -2.15. The molecule has 2 aromatic rings. The predicted molar refractivity (Wildman–Crippen MR) is 102 cm³/mol. The molecule has 4 nitrogen and oxygen atoms in total. The number of benzene rings is 2. The number of aliphatic imine (C=N–C) groups is 2. The van der Waals surface area contributed by atoms with Gasteiger partial charge < -0.3 is 10.2 Å². The van der Waals surface area contributed by atoms with Gasteiger partial charge in [0.25, 0.3) is 0 Å². The fourth-order valence-electron chi connectivity index (χ4n) is 3.42. The molecule has 0 spiro atoms. The van der Waals surface area contributed by atoms with Crippen LogP contribution in [0.15, 0.2) is 58.5 Å². The highest BCUT2D eigenvalue weighted by molar-refractivity contribution is 6.02. The van der Waals surface area contributed by atoms with Crippen molar-refractivity contribution >= 4 is 11.4 Å². The van der Waals surface area contributed by atoms with Gasteiger partial charge in [0.15, 0.2) is 0 Å². The summed E-state index contributed by atoms with van der Waals surface area (Å²) >= 11 is 0. The minimum absolute atomic E-state index is 0.111. The molecule has 0 heterocycles. The molecule has 2 aromatic carbocycles. The number of hydrogen-bond acceptors (Lipinski definition) is 4. The molecule has 0 aromatic heterocycles. The van der Waals surface area contributed by atoms with Gasteiger partial charge in [0.1, 0.15) is 11.5 Å². The Bertz CT molecular complexity index is 744. The first kappa shape index (κ1) is 17.2. The first-order valence-corrected chi connectivity index (χ1v) is 8.72. The molecule has 1 fully saturated rings. The minimum atomic E-state index is 0.111. The highest BCUT2D eigenvalue weighted by Crippen LogP contribution is 2.28. The van der Waals surface area contributed by atoms with Gasteiger partial charge in [-0.2, -0.15) is 0 Å². The van der Waals surface area contributed by atoms with Gasteiger partial charge in [-0.3, -0.25) is 9.98 Å². The van der Waals surface area contributed by atoms with Crippen molar-refractivity contribution in [3.05, 3.63) is 59.7 Å². The molecule has 0 bridgehead atoms. The van der Waals surface area contributed by atoms with E-state index in [0.717, 1.165) is 41.8 Å². The molecular formula is C21H24N2O2. The first-order valence-electron chi connectivity index (χ1n) is 8.72. The van der Waals surface area contributed by atoms with Crippen LogP contribution in [0.2, 0.25) is 0 Å². The van der Waals surface area contributed by atoms with Crippen molar-refractivity contribution in [2.75, 3.05) is 0 Å². The molecule has 25 heavy (non-hydrogen) atoms. The quantitative estimate of drug-likeness (QED) is 0.816. The van der Waals surface area contributed by atoms with E-state index >= 15 is 0 Å². The summed E-state index contributed by atoms with van der Waals surface area (Å²) in [6, 6.07) is 14.8. The van der Waals surface area contributed by atoms with Crippen LogP contribution in [0.1, 0.15) is 44.2 Å². The summed E-state index contributed by atoms with van der Waals surface area (Å²) in [7, 11) is 0. The Balaban J connectivity index is 1.83. The van der Waals surface area contributed by atoms with Crippen molar-refractivity contribution < 1.29 is 10.2 Å². The van der Waals surface area contributed by atoms with Crippen LogP contribution in [0.5, 0.6) is 11.5 Å². The largest absolute Gasteiger partial charge is 0.507 e. The Labute approximate surface area is 148 Å². The highest BCUT2D eigenvalue weighted by Gasteiger charge is 2.27. The van der Waals surface area contributed by atoms with Gasteiger partial charge in [-0.25, -0.2) is 0 Å². The Hall–Kier alpha value is -2.62. The summed E-state index contributed by atoms with van der Waals surface area (Å²) in [4.78, 5) is 9.69. The van der Waals surface area contributed by atoms with E-state index in [0.29, 0.717) is 0 Å². The number of nitrogens with zero attached hydrogens (tertiary/aromatic N) is 2. The molecule has 2 N–H and O–H groups in total. The smallest absolute Gasteiger partial charge is 0.124 e. The summed E-state index contributed by atoms with van der Waals surface area (Å²) in [5.41, 5.74) is 3.22. The van der Waals surface area contributed by atoms with Crippen LogP contribution in [-0.2, 0) is 0 Å². The number of phenolic OH excluding ortho intramolecular Hbond substituents is 2. The molecular weight excluding hydrogens is 312 g/mol. The molecule has 2 unspecified atom stereocenters. The zero-order valence-corrected chi connectivity index (χ0v) is 14.7. The van der Waals surface area contributed by atoms with E-state index in [1.54, 1.807) is 12.1 Å². The van der Waals surface area contributed by atoms with Crippen LogP contribution in [0.3, 0.4) is 0 Å². The van der Waals surface area contributed by atoms with Gasteiger partial charge >= 0.3 is 0 Å². The molecule has 130 valence electrons. The molecule has 4 heteroatoms. The van der Waals surface area contributed by atoms with E-state index in [1.165, 1.54) is 0 Å². The maximum absolute atomic E-state index is 10.0. The molecule has 3 rings (SSSR count). The molecule has 1 aliphatic rings. The van der Waals surface area contributed by atoms with Crippen molar-refractivity contribution in [3.63, 3.8) is 0 Å². The fraction of sp³-hybridized carbons (Fsp3) is 0.333. The van der Waals surface area contributed by atoms with E-state index < -0.39 is 0 Å². The van der Waals surface area contributed by atoms with Gasteiger partial charge in [0.2, 0.25) is 0 Å². The standard InChI is InChI=1S/C21H24N2O2/c1-14(16-8-3-5-12-20(16)24)22-18-10-7-11-19(18)23-15(2)17-9-4-6-13-21(17)25/h3-6,8-9,12-13,18-19,24-25H,7,10-11H2,1-2H3. The van der Waals surface area contributed by atoms with Crippen LogP contribution in [0.25, 0.3) is 0 Å². The first-order chi connectivity index (χ1) is 12.1. The zero-order chi connectivity index (χ0) is 17.8. The molecule has 2 atom stereocenters. The van der Waals surface area contributed by atoms with Gasteiger partial charge in [0, 0.05) is 22.6 Å². The average Bonchev–Trinajstić information content (AvgIpc) is 3.02. The maximum Gasteiger partial charge on any atom is 0.124 e. The lowest BCUT2D eigenvalue weighted by molar-refractivity contribution is 0.473. The molecule has 1 saturated carbocycles. The van der Waals surface area contributed by atoms with Crippen molar-refractivity contribution in [2.24, 2.45) is 9.98 Å². The van der Waals surface area contributed by atoms with Gasteiger partial charge in [-0.15, -0.1) is 0 Å². The lowest BCUT2D eigenvalue weighted by atomic mass is 10.1. The van der Waals surface area contributed by atoms with E-state index in [9.17, 15) is 10.2 Å². The van der Waals surface area contributed by atoms with E-state index in [1.807, 2.05) is 50.2 Å². The minimum Gasteiger partial charge on any atom is -0.507 e. The SMILES string of the molecule is CC(=NC1CCCC1N=C(C)c1ccccc1O)c1ccccc1O. The Morgan fingerprint density at radius 1 is 0.760 bits per heavy atom. The number of aromatic hydroxyl groups is 2. The summed E-state index contributed by atoms with van der Waals surface area (Å²) in [5.74, 6) is 0.513. The normalized spacial score (nSPS) is 21.5. The van der Waals surface area contributed by atoms with E-state index in [2.05, 4.69) is 0 Å². The molecule has 0 saturated heterocycles. The second kappa shape index (κ2) is 7.51. The van der Waals surface area contributed by atoms with Crippen molar-refractivity contribution in [2.45, 2.75) is 45.2 Å². The van der Waals surface area contributed by atoms with Crippen molar-refractivity contribution in [3.8, 4) is 11.5 Å². The molecule has 0 radical (unpaired) electrons. The van der Waals surface area contributed by atoms with Crippen molar-refractivity contribution in [1.29, 1.82) is 0 Å². The molecule has 0 amide bonds. The zero-order valence-electron chi connectivity index (χ0n) is 14.7. The summed E-state index contributed by atoms with van der Waals surface area (Å²) in [5, 5.41) is 20.0.